The maximum absolute atomic E-state index is 10.6. The molecule has 1 aromatic heterocycles. The summed E-state index contributed by atoms with van der Waals surface area (Å²) in [5.41, 5.74) is 2.43. The first-order valence-electron chi connectivity index (χ1n) is 7.85. The van der Waals surface area contributed by atoms with Crippen molar-refractivity contribution in [2.75, 3.05) is 19.6 Å². The van der Waals surface area contributed by atoms with E-state index in [4.69, 9.17) is 16.7 Å². The number of aromatic nitrogens is 1. The van der Waals surface area contributed by atoms with E-state index in [-0.39, 0.29) is 6.42 Å². The number of fused-ring (bicyclic) bond motifs is 1. The highest BCUT2D eigenvalue weighted by Gasteiger charge is 2.23. The van der Waals surface area contributed by atoms with Gasteiger partial charge in [-0.05, 0) is 62.5 Å². The largest absolute Gasteiger partial charge is 0.481 e. The number of aliphatic carboxylic acids is 1. The first kappa shape index (κ1) is 15.4. The maximum atomic E-state index is 10.6. The summed E-state index contributed by atoms with van der Waals surface area (Å²) in [6.07, 6.45) is 5.30. The molecular formula is C17H21ClN2O2. The molecule has 0 atom stereocenters. The fourth-order valence-corrected chi connectivity index (χ4v) is 3.69. The van der Waals surface area contributed by atoms with Crippen molar-refractivity contribution in [1.29, 1.82) is 0 Å². The van der Waals surface area contributed by atoms with Crippen molar-refractivity contribution in [1.82, 2.24) is 9.88 Å². The molecule has 1 aliphatic heterocycles. The van der Waals surface area contributed by atoms with Crippen LogP contribution in [0.2, 0.25) is 5.02 Å². The molecule has 2 N–H and O–H groups in total. The summed E-state index contributed by atoms with van der Waals surface area (Å²) in [6, 6.07) is 5.98. The molecule has 5 heteroatoms. The van der Waals surface area contributed by atoms with Crippen molar-refractivity contribution in [2.45, 2.75) is 31.6 Å². The summed E-state index contributed by atoms with van der Waals surface area (Å²) >= 11 is 6.36. The lowest BCUT2D eigenvalue weighted by atomic mass is 9.89. The number of aromatic amines is 1. The molecule has 1 fully saturated rings. The second-order valence-corrected chi connectivity index (χ2v) is 6.43. The Morgan fingerprint density at radius 2 is 2.14 bits per heavy atom. The van der Waals surface area contributed by atoms with Gasteiger partial charge in [0.1, 0.15) is 0 Å². The average Bonchev–Trinajstić information content (AvgIpc) is 2.93. The van der Waals surface area contributed by atoms with E-state index in [0.717, 1.165) is 54.8 Å². The molecule has 2 aromatic rings. The smallest absolute Gasteiger partial charge is 0.303 e. The van der Waals surface area contributed by atoms with Gasteiger partial charge in [0.2, 0.25) is 0 Å². The Kier molecular flexibility index (Phi) is 4.69. The fourth-order valence-electron chi connectivity index (χ4n) is 3.41. The van der Waals surface area contributed by atoms with Crippen LogP contribution in [0.15, 0.2) is 24.4 Å². The Morgan fingerprint density at radius 3 is 2.86 bits per heavy atom. The molecule has 0 unspecified atom stereocenters. The second-order valence-electron chi connectivity index (χ2n) is 6.02. The third-order valence-electron chi connectivity index (χ3n) is 4.58. The van der Waals surface area contributed by atoms with Gasteiger partial charge in [0.05, 0.1) is 5.02 Å². The third-order valence-corrected chi connectivity index (χ3v) is 4.89. The molecule has 3 rings (SSSR count). The van der Waals surface area contributed by atoms with Crippen molar-refractivity contribution < 1.29 is 9.90 Å². The van der Waals surface area contributed by atoms with Crippen LogP contribution in [-0.4, -0.2) is 40.6 Å². The Bertz CT molecular complexity index is 660. The van der Waals surface area contributed by atoms with Crippen LogP contribution in [-0.2, 0) is 4.79 Å². The van der Waals surface area contributed by atoms with Crippen LogP contribution in [0.1, 0.15) is 37.2 Å². The van der Waals surface area contributed by atoms with Crippen LogP contribution in [0.25, 0.3) is 10.9 Å². The molecular weight excluding hydrogens is 300 g/mol. The third kappa shape index (κ3) is 3.28. The molecule has 118 valence electrons. The zero-order valence-corrected chi connectivity index (χ0v) is 13.3. The van der Waals surface area contributed by atoms with Crippen molar-refractivity contribution in [3.63, 3.8) is 0 Å². The Hall–Kier alpha value is -1.52. The van der Waals surface area contributed by atoms with Crippen LogP contribution in [0.3, 0.4) is 0 Å². The standard InChI is InChI=1S/C17H21ClN2O2/c18-14-3-1-4-15-17(14)13(11-19-15)12-6-9-20(10-7-12)8-2-5-16(21)22/h1,3-4,11-12,19H,2,5-10H2,(H,21,22). The van der Waals surface area contributed by atoms with Crippen LogP contribution in [0, 0.1) is 0 Å². The summed E-state index contributed by atoms with van der Waals surface area (Å²) in [6.45, 7) is 2.94. The molecule has 2 heterocycles. The number of H-pyrrole nitrogens is 1. The van der Waals surface area contributed by atoms with Gasteiger partial charge < -0.3 is 15.0 Å². The molecule has 0 aliphatic carbocycles. The van der Waals surface area contributed by atoms with Crippen LogP contribution in [0.5, 0.6) is 0 Å². The molecule has 1 aromatic carbocycles. The fraction of sp³-hybridized carbons (Fsp3) is 0.471. The average molecular weight is 321 g/mol. The number of nitrogens with one attached hydrogen (secondary N) is 1. The number of carboxylic acid groups (broad SMARTS) is 1. The van der Waals surface area contributed by atoms with Gasteiger partial charge in [-0.25, -0.2) is 0 Å². The van der Waals surface area contributed by atoms with Crippen LogP contribution >= 0.6 is 11.6 Å². The zero-order chi connectivity index (χ0) is 15.5. The van der Waals surface area contributed by atoms with E-state index in [1.54, 1.807) is 0 Å². The highest BCUT2D eigenvalue weighted by atomic mass is 35.5. The van der Waals surface area contributed by atoms with Gasteiger partial charge in [-0.3, -0.25) is 4.79 Å². The number of piperidine rings is 1. The molecule has 22 heavy (non-hydrogen) atoms. The van der Waals surface area contributed by atoms with E-state index in [0.29, 0.717) is 5.92 Å². The van der Waals surface area contributed by atoms with Crippen LogP contribution in [0.4, 0.5) is 0 Å². The van der Waals surface area contributed by atoms with Gasteiger partial charge in [0.15, 0.2) is 0 Å². The lowest BCUT2D eigenvalue weighted by molar-refractivity contribution is -0.137. The Balaban J connectivity index is 1.62. The molecule has 4 nitrogen and oxygen atoms in total. The highest BCUT2D eigenvalue weighted by molar-refractivity contribution is 6.35. The van der Waals surface area contributed by atoms with E-state index in [9.17, 15) is 4.79 Å². The first-order valence-corrected chi connectivity index (χ1v) is 8.22. The minimum Gasteiger partial charge on any atom is -0.481 e. The Labute approximate surface area is 135 Å². The number of carbonyl (C=O) groups is 1. The molecule has 0 saturated carbocycles. The molecule has 0 spiro atoms. The van der Waals surface area contributed by atoms with E-state index in [2.05, 4.69) is 22.1 Å². The topological polar surface area (TPSA) is 56.3 Å². The summed E-state index contributed by atoms with van der Waals surface area (Å²) in [4.78, 5) is 16.3. The predicted molar refractivity (Wildman–Crippen MR) is 88.6 cm³/mol. The molecule has 1 aliphatic rings. The summed E-state index contributed by atoms with van der Waals surface area (Å²) in [5, 5.41) is 10.7. The van der Waals surface area contributed by atoms with Crippen molar-refractivity contribution >= 4 is 28.5 Å². The number of hydrogen-bond acceptors (Lipinski definition) is 2. The van der Waals surface area contributed by atoms with Crippen molar-refractivity contribution in [3.05, 3.63) is 35.0 Å². The predicted octanol–water partition coefficient (Wildman–Crippen LogP) is 3.87. The normalized spacial score (nSPS) is 17.1. The number of rotatable bonds is 5. The minimum atomic E-state index is -0.705. The number of benzene rings is 1. The molecule has 0 bridgehead atoms. The molecule has 1 saturated heterocycles. The van der Waals surface area contributed by atoms with Gasteiger partial charge in [0.25, 0.3) is 0 Å². The molecule has 0 amide bonds. The van der Waals surface area contributed by atoms with Crippen LogP contribution < -0.4 is 0 Å². The van der Waals surface area contributed by atoms with E-state index in [1.807, 2.05) is 12.1 Å². The lowest BCUT2D eigenvalue weighted by Gasteiger charge is -2.31. The number of carboxylic acids is 1. The van der Waals surface area contributed by atoms with E-state index in [1.165, 1.54) is 5.56 Å². The van der Waals surface area contributed by atoms with Gasteiger partial charge in [0, 0.05) is 23.5 Å². The highest BCUT2D eigenvalue weighted by Crippen LogP contribution is 2.36. The van der Waals surface area contributed by atoms with E-state index < -0.39 is 5.97 Å². The first-order chi connectivity index (χ1) is 10.6. The van der Waals surface area contributed by atoms with Gasteiger partial charge >= 0.3 is 5.97 Å². The number of nitrogens with zero attached hydrogens (tertiary/aromatic N) is 1. The maximum Gasteiger partial charge on any atom is 0.303 e. The number of halogens is 1. The Morgan fingerprint density at radius 1 is 1.36 bits per heavy atom. The SMILES string of the molecule is O=C(O)CCCN1CCC(c2c[nH]c3cccc(Cl)c23)CC1. The minimum absolute atomic E-state index is 0.262. The lowest BCUT2D eigenvalue weighted by Crippen LogP contribution is -2.33. The van der Waals surface area contributed by atoms with Crippen molar-refractivity contribution in [3.8, 4) is 0 Å². The monoisotopic (exact) mass is 320 g/mol. The molecule has 0 radical (unpaired) electrons. The second kappa shape index (κ2) is 6.71. The number of hydrogen-bond donors (Lipinski definition) is 2. The van der Waals surface area contributed by atoms with E-state index >= 15 is 0 Å². The van der Waals surface area contributed by atoms with Crippen molar-refractivity contribution in [2.24, 2.45) is 0 Å². The van der Waals surface area contributed by atoms with Gasteiger partial charge in [-0.15, -0.1) is 0 Å². The number of likely N-dealkylation sites (tertiary alicyclic amines) is 1. The van der Waals surface area contributed by atoms with Gasteiger partial charge in [-0.1, -0.05) is 17.7 Å². The summed E-state index contributed by atoms with van der Waals surface area (Å²) < 4.78 is 0. The summed E-state index contributed by atoms with van der Waals surface area (Å²) in [7, 11) is 0. The zero-order valence-electron chi connectivity index (χ0n) is 12.5. The summed E-state index contributed by atoms with van der Waals surface area (Å²) in [5.74, 6) is -0.173. The quantitative estimate of drug-likeness (QED) is 0.879. The van der Waals surface area contributed by atoms with Gasteiger partial charge in [-0.2, -0.15) is 0 Å².